The van der Waals surface area contributed by atoms with E-state index in [-0.39, 0.29) is 6.10 Å². The zero-order chi connectivity index (χ0) is 10.7. The standard InChI is InChI=1S/C10H17N3OS/c1-2-3-9-12-10(15-13-9)14-8-5-4-7(11)6-8/h7-8H,2-6,11H2,1H3. The highest BCUT2D eigenvalue weighted by Crippen LogP contribution is 2.24. The fraction of sp³-hybridized carbons (Fsp3) is 0.800. The van der Waals surface area contributed by atoms with Gasteiger partial charge in [-0.2, -0.15) is 9.36 Å². The van der Waals surface area contributed by atoms with Crippen LogP contribution in [0.15, 0.2) is 0 Å². The lowest BCUT2D eigenvalue weighted by Gasteiger charge is -2.08. The Morgan fingerprint density at radius 2 is 2.40 bits per heavy atom. The Morgan fingerprint density at radius 3 is 3.07 bits per heavy atom. The molecule has 0 bridgehead atoms. The van der Waals surface area contributed by atoms with Crippen LogP contribution in [-0.2, 0) is 6.42 Å². The first-order valence-electron chi connectivity index (χ1n) is 5.52. The molecule has 15 heavy (non-hydrogen) atoms. The normalized spacial score (nSPS) is 25.7. The van der Waals surface area contributed by atoms with E-state index in [1.807, 2.05) is 0 Å². The molecular formula is C10H17N3OS. The monoisotopic (exact) mass is 227 g/mol. The van der Waals surface area contributed by atoms with E-state index in [9.17, 15) is 0 Å². The largest absolute Gasteiger partial charge is 0.466 e. The summed E-state index contributed by atoms with van der Waals surface area (Å²) in [6.45, 7) is 2.12. The van der Waals surface area contributed by atoms with Gasteiger partial charge in [0, 0.05) is 24.0 Å². The highest BCUT2D eigenvalue weighted by molar-refractivity contribution is 7.07. The molecule has 1 heterocycles. The third-order valence-electron chi connectivity index (χ3n) is 2.62. The van der Waals surface area contributed by atoms with Gasteiger partial charge in [0.25, 0.3) is 5.19 Å². The predicted molar refractivity (Wildman–Crippen MR) is 60.1 cm³/mol. The van der Waals surface area contributed by atoms with Crippen molar-refractivity contribution >= 4 is 11.5 Å². The topological polar surface area (TPSA) is 61.0 Å². The highest BCUT2D eigenvalue weighted by atomic mass is 32.1. The van der Waals surface area contributed by atoms with Crippen LogP contribution in [0.5, 0.6) is 5.19 Å². The maximum atomic E-state index is 5.82. The van der Waals surface area contributed by atoms with Gasteiger partial charge < -0.3 is 10.5 Å². The average Bonchev–Trinajstić information content (AvgIpc) is 2.78. The quantitative estimate of drug-likeness (QED) is 0.851. The summed E-state index contributed by atoms with van der Waals surface area (Å²) in [5, 5.41) is 0.706. The van der Waals surface area contributed by atoms with Crippen LogP contribution >= 0.6 is 11.5 Å². The van der Waals surface area contributed by atoms with Crippen molar-refractivity contribution in [2.45, 2.75) is 51.2 Å². The summed E-state index contributed by atoms with van der Waals surface area (Å²) in [4.78, 5) is 4.33. The lowest BCUT2D eigenvalue weighted by Crippen LogP contribution is -2.19. The van der Waals surface area contributed by atoms with Crippen LogP contribution in [0.4, 0.5) is 0 Å². The van der Waals surface area contributed by atoms with Crippen LogP contribution in [0, 0.1) is 0 Å². The molecule has 0 saturated heterocycles. The number of nitrogens with zero attached hydrogens (tertiary/aromatic N) is 2. The van der Waals surface area contributed by atoms with Crippen molar-refractivity contribution in [2.75, 3.05) is 0 Å². The second kappa shape index (κ2) is 4.90. The van der Waals surface area contributed by atoms with E-state index >= 15 is 0 Å². The van der Waals surface area contributed by atoms with Gasteiger partial charge in [0.1, 0.15) is 11.9 Å². The molecule has 2 rings (SSSR count). The van der Waals surface area contributed by atoms with Crippen molar-refractivity contribution in [3.05, 3.63) is 5.82 Å². The molecule has 2 N–H and O–H groups in total. The van der Waals surface area contributed by atoms with Crippen LogP contribution in [0.1, 0.15) is 38.4 Å². The molecule has 0 aromatic carbocycles. The summed E-state index contributed by atoms with van der Waals surface area (Å²) >= 11 is 1.35. The van der Waals surface area contributed by atoms with Crippen LogP contribution < -0.4 is 10.5 Å². The number of rotatable bonds is 4. The van der Waals surface area contributed by atoms with Crippen LogP contribution in [0.3, 0.4) is 0 Å². The molecule has 1 aromatic heterocycles. The molecule has 4 nitrogen and oxygen atoms in total. The van der Waals surface area contributed by atoms with Gasteiger partial charge in [-0.05, 0) is 25.7 Å². The van der Waals surface area contributed by atoms with Gasteiger partial charge in [-0.25, -0.2) is 0 Å². The molecule has 84 valence electrons. The fourth-order valence-electron chi connectivity index (χ4n) is 1.83. The smallest absolute Gasteiger partial charge is 0.293 e. The summed E-state index contributed by atoms with van der Waals surface area (Å²) in [5.74, 6) is 0.903. The van der Waals surface area contributed by atoms with E-state index in [0.29, 0.717) is 11.2 Å². The maximum absolute atomic E-state index is 5.82. The number of ether oxygens (including phenoxy) is 1. The molecule has 0 amide bonds. The van der Waals surface area contributed by atoms with Gasteiger partial charge in [-0.3, -0.25) is 0 Å². The lowest BCUT2D eigenvalue weighted by molar-refractivity contribution is 0.207. The van der Waals surface area contributed by atoms with E-state index in [1.54, 1.807) is 0 Å². The Kier molecular flexibility index (Phi) is 3.53. The molecule has 1 fully saturated rings. The molecular weight excluding hydrogens is 210 g/mol. The van der Waals surface area contributed by atoms with E-state index in [4.69, 9.17) is 10.5 Å². The molecule has 0 spiro atoms. The molecule has 0 aliphatic heterocycles. The van der Waals surface area contributed by atoms with Crippen molar-refractivity contribution in [3.8, 4) is 5.19 Å². The molecule has 1 aliphatic rings. The number of nitrogens with two attached hydrogens (primary N) is 1. The summed E-state index contributed by atoms with van der Waals surface area (Å²) < 4.78 is 9.98. The van der Waals surface area contributed by atoms with Gasteiger partial charge >= 0.3 is 0 Å². The number of hydrogen-bond acceptors (Lipinski definition) is 5. The predicted octanol–water partition coefficient (Wildman–Crippen LogP) is 1.75. The Labute approximate surface area is 94.0 Å². The van der Waals surface area contributed by atoms with Crippen LogP contribution in [-0.4, -0.2) is 21.5 Å². The second-order valence-electron chi connectivity index (χ2n) is 4.04. The third kappa shape index (κ3) is 2.89. The van der Waals surface area contributed by atoms with E-state index in [2.05, 4.69) is 16.3 Å². The van der Waals surface area contributed by atoms with Gasteiger partial charge in [-0.1, -0.05) is 6.92 Å². The highest BCUT2D eigenvalue weighted by Gasteiger charge is 2.24. The zero-order valence-electron chi connectivity index (χ0n) is 8.98. The molecule has 0 radical (unpaired) electrons. The van der Waals surface area contributed by atoms with Crippen molar-refractivity contribution in [1.82, 2.24) is 9.36 Å². The molecule has 1 aliphatic carbocycles. The summed E-state index contributed by atoms with van der Waals surface area (Å²) in [5.41, 5.74) is 5.82. The van der Waals surface area contributed by atoms with E-state index in [1.165, 1.54) is 11.5 Å². The van der Waals surface area contributed by atoms with Crippen molar-refractivity contribution in [3.63, 3.8) is 0 Å². The second-order valence-corrected chi connectivity index (χ2v) is 4.75. The van der Waals surface area contributed by atoms with Gasteiger partial charge in [-0.15, -0.1) is 0 Å². The Hall–Kier alpha value is -0.680. The first-order valence-corrected chi connectivity index (χ1v) is 6.30. The lowest BCUT2D eigenvalue weighted by atomic mass is 10.3. The SMILES string of the molecule is CCCc1nsc(OC2CCC(N)C2)n1. The van der Waals surface area contributed by atoms with E-state index in [0.717, 1.165) is 37.9 Å². The first kappa shape index (κ1) is 10.8. The fourth-order valence-corrected chi connectivity index (χ4v) is 2.47. The Balaban J connectivity index is 1.87. The molecule has 5 heteroatoms. The van der Waals surface area contributed by atoms with E-state index < -0.39 is 0 Å². The number of aryl methyl sites for hydroxylation is 1. The molecule has 2 unspecified atom stereocenters. The summed E-state index contributed by atoms with van der Waals surface area (Å²) in [7, 11) is 0. The van der Waals surface area contributed by atoms with Crippen molar-refractivity contribution in [1.29, 1.82) is 0 Å². The van der Waals surface area contributed by atoms with Gasteiger partial charge in [0.15, 0.2) is 0 Å². The van der Waals surface area contributed by atoms with Crippen molar-refractivity contribution in [2.24, 2.45) is 5.73 Å². The molecule has 1 aromatic rings. The number of aromatic nitrogens is 2. The Bertz CT molecular complexity index is 315. The van der Waals surface area contributed by atoms with Gasteiger partial charge in [0.2, 0.25) is 0 Å². The third-order valence-corrected chi connectivity index (χ3v) is 3.26. The average molecular weight is 227 g/mol. The minimum Gasteiger partial charge on any atom is -0.466 e. The van der Waals surface area contributed by atoms with Crippen LogP contribution in [0.2, 0.25) is 0 Å². The Morgan fingerprint density at radius 1 is 1.53 bits per heavy atom. The van der Waals surface area contributed by atoms with Crippen LogP contribution in [0.25, 0.3) is 0 Å². The summed E-state index contributed by atoms with van der Waals surface area (Å²) in [6, 6.07) is 0.304. The maximum Gasteiger partial charge on any atom is 0.293 e. The minimum atomic E-state index is 0.252. The zero-order valence-corrected chi connectivity index (χ0v) is 9.80. The summed E-state index contributed by atoms with van der Waals surface area (Å²) in [6.07, 6.45) is 5.31. The van der Waals surface area contributed by atoms with Gasteiger partial charge in [0.05, 0.1) is 0 Å². The molecule has 2 atom stereocenters. The number of hydrogen-bond donors (Lipinski definition) is 1. The molecule has 1 saturated carbocycles. The van der Waals surface area contributed by atoms with Crippen molar-refractivity contribution < 1.29 is 4.74 Å². The minimum absolute atomic E-state index is 0.252. The first-order chi connectivity index (χ1) is 7.28.